The van der Waals surface area contributed by atoms with E-state index >= 15 is 0 Å². The Labute approximate surface area is 170 Å². The number of hydrogen-bond acceptors (Lipinski definition) is 5. The van der Waals surface area contributed by atoms with Gasteiger partial charge in [-0.2, -0.15) is 0 Å². The van der Waals surface area contributed by atoms with Crippen LogP contribution in [0.1, 0.15) is 23.6 Å². The lowest BCUT2D eigenvalue weighted by Crippen LogP contribution is -2.55. The highest BCUT2D eigenvalue weighted by Gasteiger charge is 2.42. The fourth-order valence-electron chi connectivity index (χ4n) is 3.45. The van der Waals surface area contributed by atoms with E-state index in [9.17, 15) is 15.0 Å². The summed E-state index contributed by atoms with van der Waals surface area (Å²) >= 11 is 0. The Morgan fingerprint density at radius 1 is 0.793 bits per heavy atom. The largest absolute Gasteiger partial charge is 0.462 e. The molecule has 0 aliphatic carbocycles. The Kier molecular flexibility index (Phi) is 6.44. The van der Waals surface area contributed by atoms with Crippen LogP contribution in [0.25, 0.3) is 0 Å². The molecule has 5 nitrogen and oxygen atoms in total. The summed E-state index contributed by atoms with van der Waals surface area (Å²) in [4.78, 5) is 12.0. The Hall–Kier alpha value is -2.99. The molecule has 0 saturated heterocycles. The van der Waals surface area contributed by atoms with E-state index in [-0.39, 0.29) is 6.61 Å². The first-order chi connectivity index (χ1) is 14.0. The topological polar surface area (TPSA) is 78.8 Å². The van der Waals surface area contributed by atoms with Gasteiger partial charge in [-0.1, -0.05) is 91.0 Å². The number of carbonyl (C=O) groups is 1. The summed E-state index contributed by atoms with van der Waals surface area (Å²) < 4.78 is 4.81. The van der Waals surface area contributed by atoms with Gasteiger partial charge in [-0.3, -0.25) is 5.32 Å². The highest BCUT2D eigenvalue weighted by atomic mass is 16.6. The molecule has 29 heavy (non-hydrogen) atoms. The number of rotatable bonds is 8. The highest BCUT2D eigenvalue weighted by Crippen LogP contribution is 2.36. The molecule has 0 amide bonds. The van der Waals surface area contributed by atoms with Crippen molar-refractivity contribution in [2.75, 3.05) is 13.2 Å². The van der Waals surface area contributed by atoms with Gasteiger partial charge in [-0.25, -0.2) is 4.79 Å². The van der Waals surface area contributed by atoms with Crippen LogP contribution in [-0.2, 0) is 15.1 Å². The summed E-state index contributed by atoms with van der Waals surface area (Å²) in [5.74, 6) is -3.75. The number of ether oxygens (including phenoxy) is 1. The lowest BCUT2D eigenvalue weighted by molar-refractivity contribution is -0.207. The van der Waals surface area contributed by atoms with E-state index in [2.05, 4.69) is 5.32 Å². The van der Waals surface area contributed by atoms with Crippen LogP contribution < -0.4 is 5.32 Å². The summed E-state index contributed by atoms with van der Waals surface area (Å²) in [6.45, 7) is 1.25. The van der Waals surface area contributed by atoms with Crippen molar-refractivity contribution in [1.29, 1.82) is 0 Å². The molecule has 0 aliphatic heterocycles. The maximum absolute atomic E-state index is 12.0. The third-order valence-corrected chi connectivity index (χ3v) is 4.82. The van der Waals surface area contributed by atoms with Gasteiger partial charge in [0.05, 0.1) is 18.7 Å². The van der Waals surface area contributed by atoms with Crippen LogP contribution in [0, 0.1) is 0 Å². The molecular weight excluding hydrogens is 366 g/mol. The first-order valence-corrected chi connectivity index (χ1v) is 9.54. The number of esters is 1. The molecule has 3 aromatic carbocycles. The summed E-state index contributed by atoms with van der Waals surface area (Å²) in [5.41, 5.74) is 1.79. The Balaban J connectivity index is 2.14. The minimum absolute atomic E-state index is 0.0584. The quantitative estimate of drug-likeness (QED) is 0.313. The molecule has 3 aromatic rings. The molecule has 5 heteroatoms. The zero-order valence-corrected chi connectivity index (χ0v) is 16.3. The molecular formula is C24H25NO4. The van der Waals surface area contributed by atoms with Crippen LogP contribution in [0.2, 0.25) is 0 Å². The summed E-state index contributed by atoms with van der Waals surface area (Å²) in [6.07, 6.45) is 0. The second-order valence-corrected chi connectivity index (χ2v) is 6.74. The molecule has 3 N–H and O–H groups in total. The SMILES string of the molecule is CCOC(=O)C(O)(O)CNC(c1ccccc1)(c1ccccc1)c1ccccc1. The van der Waals surface area contributed by atoms with Crippen molar-refractivity contribution in [2.45, 2.75) is 18.2 Å². The van der Waals surface area contributed by atoms with Gasteiger partial charge in [0.25, 0.3) is 5.79 Å². The van der Waals surface area contributed by atoms with E-state index in [4.69, 9.17) is 4.74 Å². The van der Waals surface area contributed by atoms with Gasteiger partial charge < -0.3 is 14.9 Å². The molecule has 0 aromatic heterocycles. The number of nitrogens with one attached hydrogen (secondary N) is 1. The highest BCUT2D eigenvalue weighted by molar-refractivity contribution is 5.77. The van der Waals surface area contributed by atoms with Crippen molar-refractivity contribution in [3.05, 3.63) is 108 Å². The average Bonchev–Trinajstić information content (AvgIpc) is 2.76. The van der Waals surface area contributed by atoms with E-state index in [0.717, 1.165) is 16.7 Å². The van der Waals surface area contributed by atoms with Crippen molar-refractivity contribution < 1.29 is 19.7 Å². The fourth-order valence-corrected chi connectivity index (χ4v) is 3.45. The molecule has 0 bridgehead atoms. The molecule has 0 unspecified atom stereocenters. The maximum atomic E-state index is 12.0. The molecule has 0 saturated carbocycles. The minimum Gasteiger partial charge on any atom is -0.462 e. The van der Waals surface area contributed by atoms with E-state index < -0.39 is 23.8 Å². The average molecular weight is 391 g/mol. The predicted molar refractivity (Wildman–Crippen MR) is 111 cm³/mol. The third kappa shape index (κ3) is 4.38. The van der Waals surface area contributed by atoms with Crippen LogP contribution in [0.3, 0.4) is 0 Å². The zero-order valence-electron chi connectivity index (χ0n) is 16.3. The molecule has 0 spiro atoms. The van der Waals surface area contributed by atoms with Crippen molar-refractivity contribution in [2.24, 2.45) is 0 Å². The molecule has 0 heterocycles. The molecule has 0 atom stereocenters. The molecule has 3 rings (SSSR count). The van der Waals surface area contributed by atoms with Crippen molar-refractivity contribution in [1.82, 2.24) is 5.32 Å². The van der Waals surface area contributed by atoms with Crippen molar-refractivity contribution in [3.8, 4) is 0 Å². The summed E-state index contributed by atoms with van der Waals surface area (Å²) in [7, 11) is 0. The predicted octanol–water partition coefficient (Wildman–Crippen LogP) is 2.81. The summed E-state index contributed by atoms with van der Waals surface area (Å²) in [6, 6.07) is 29.1. The maximum Gasteiger partial charge on any atom is 0.367 e. The van der Waals surface area contributed by atoms with Crippen molar-refractivity contribution >= 4 is 5.97 Å². The van der Waals surface area contributed by atoms with Gasteiger partial charge in [0, 0.05) is 0 Å². The Morgan fingerprint density at radius 2 is 1.17 bits per heavy atom. The number of hydrogen-bond donors (Lipinski definition) is 3. The first kappa shape index (κ1) is 20.7. The van der Waals surface area contributed by atoms with Crippen LogP contribution >= 0.6 is 0 Å². The smallest absolute Gasteiger partial charge is 0.367 e. The van der Waals surface area contributed by atoms with Crippen LogP contribution in [-0.4, -0.2) is 35.1 Å². The van der Waals surface area contributed by atoms with E-state index in [1.54, 1.807) is 6.92 Å². The number of benzene rings is 3. The zero-order chi connectivity index (χ0) is 20.7. The first-order valence-electron chi connectivity index (χ1n) is 9.54. The van der Waals surface area contributed by atoms with E-state index in [0.29, 0.717) is 0 Å². The fraction of sp³-hybridized carbons (Fsp3) is 0.208. The van der Waals surface area contributed by atoms with Crippen LogP contribution in [0.5, 0.6) is 0 Å². The third-order valence-electron chi connectivity index (χ3n) is 4.82. The van der Waals surface area contributed by atoms with Gasteiger partial charge in [0.2, 0.25) is 0 Å². The second kappa shape index (κ2) is 9.01. The standard InChI is InChI=1S/C24H25NO4/c1-2-29-22(26)23(27,28)18-25-24(19-12-6-3-7-13-19,20-14-8-4-9-15-20)21-16-10-5-11-17-21/h3-17,25,27-28H,2,18H2,1H3. The van der Waals surface area contributed by atoms with Crippen molar-refractivity contribution in [3.63, 3.8) is 0 Å². The van der Waals surface area contributed by atoms with Gasteiger partial charge in [-0.15, -0.1) is 0 Å². The lowest BCUT2D eigenvalue weighted by atomic mass is 9.77. The monoisotopic (exact) mass is 391 g/mol. The number of aliphatic hydroxyl groups is 2. The molecule has 150 valence electrons. The molecule has 0 fully saturated rings. The van der Waals surface area contributed by atoms with Gasteiger partial charge in [-0.05, 0) is 23.6 Å². The Morgan fingerprint density at radius 3 is 1.52 bits per heavy atom. The number of carbonyl (C=O) groups excluding carboxylic acids is 1. The lowest BCUT2D eigenvalue weighted by Gasteiger charge is -2.38. The molecule has 0 radical (unpaired) electrons. The normalized spacial score (nSPS) is 11.8. The second-order valence-electron chi connectivity index (χ2n) is 6.74. The van der Waals surface area contributed by atoms with Crippen LogP contribution in [0.4, 0.5) is 0 Å². The van der Waals surface area contributed by atoms with Gasteiger partial charge >= 0.3 is 5.97 Å². The van der Waals surface area contributed by atoms with Gasteiger partial charge in [0.1, 0.15) is 0 Å². The Bertz CT molecular complexity index is 815. The van der Waals surface area contributed by atoms with E-state index in [1.165, 1.54) is 0 Å². The minimum atomic E-state index is -2.67. The van der Waals surface area contributed by atoms with Crippen LogP contribution in [0.15, 0.2) is 91.0 Å². The van der Waals surface area contributed by atoms with Gasteiger partial charge in [0.15, 0.2) is 0 Å². The molecule has 0 aliphatic rings. The summed E-state index contributed by atoms with van der Waals surface area (Å²) in [5, 5.41) is 23.9. The van der Waals surface area contributed by atoms with E-state index in [1.807, 2.05) is 91.0 Å².